The van der Waals surface area contributed by atoms with Crippen molar-refractivity contribution in [2.24, 2.45) is 0 Å². The van der Waals surface area contributed by atoms with Crippen LogP contribution < -0.4 is 20.3 Å². The van der Waals surface area contributed by atoms with Crippen molar-refractivity contribution in [2.45, 2.75) is 13.0 Å². The van der Waals surface area contributed by atoms with Gasteiger partial charge in [-0.3, -0.25) is 9.59 Å². The summed E-state index contributed by atoms with van der Waals surface area (Å²) in [4.78, 5) is 27.7. The van der Waals surface area contributed by atoms with E-state index in [0.29, 0.717) is 28.5 Å². The Balaban J connectivity index is 1.50. The topological polar surface area (TPSA) is 97.7 Å². The highest BCUT2D eigenvalue weighted by Crippen LogP contribution is 2.29. The lowest BCUT2D eigenvalue weighted by atomic mass is 10.1. The van der Waals surface area contributed by atoms with Gasteiger partial charge in [0.05, 0.1) is 24.2 Å². The maximum absolute atomic E-state index is 12.6. The molecule has 0 bridgehead atoms. The summed E-state index contributed by atoms with van der Waals surface area (Å²) in [7, 11) is 1.36. The van der Waals surface area contributed by atoms with Crippen molar-refractivity contribution in [1.29, 1.82) is 0 Å². The lowest BCUT2D eigenvalue weighted by Gasteiger charge is -2.11. The number of benzene rings is 2. The van der Waals surface area contributed by atoms with Crippen LogP contribution in [0.1, 0.15) is 15.9 Å². The molecule has 2 aromatic heterocycles. The molecule has 31 heavy (non-hydrogen) atoms. The highest BCUT2D eigenvalue weighted by atomic mass is 19.3. The van der Waals surface area contributed by atoms with Crippen LogP contribution in [0.25, 0.3) is 16.6 Å². The van der Waals surface area contributed by atoms with Crippen molar-refractivity contribution in [1.82, 2.24) is 19.9 Å². The van der Waals surface area contributed by atoms with Crippen molar-refractivity contribution in [2.75, 3.05) is 13.7 Å². The first-order valence-electron chi connectivity index (χ1n) is 9.36. The molecule has 0 radical (unpaired) electrons. The van der Waals surface area contributed by atoms with Gasteiger partial charge in [-0.05, 0) is 36.2 Å². The van der Waals surface area contributed by atoms with E-state index in [0.717, 1.165) is 0 Å². The third-order valence-corrected chi connectivity index (χ3v) is 4.77. The van der Waals surface area contributed by atoms with Gasteiger partial charge < -0.3 is 19.8 Å². The molecule has 0 aliphatic carbocycles. The predicted octanol–water partition coefficient (Wildman–Crippen LogP) is 2.76. The third kappa shape index (κ3) is 4.04. The number of ether oxygens (including phenoxy) is 2. The molecule has 0 atom stereocenters. The fraction of sp³-hybridized carbons (Fsp3) is 0.190. The minimum atomic E-state index is -2.97. The number of carbonyl (C=O) groups is 1. The van der Waals surface area contributed by atoms with Gasteiger partial charge >= 0.3 is 6.61 Å². The SMILES string of the molecule is COc1ccc(CCNC(=O)c2cnn3c2[nH]c(=O)c2ccccc23)cc1OC(F)F. The molecular formula is C21H18F2N4O4. The Morgan fingerprint density at radius 3 is 2.81 bits per heavy atom. The van der Waals surface area contributed by atoms with Crippen molar-refractivity contribution < 1.29 is 23.0 Å². The van der Waals surface area contributed by atoms with Gasteiger partial charge in [0.2, 0.25) is 0 Å². The molecule has 0 saturated carbocycles. The minimum Gasteiger partial charge on any atom is -0.493 e. The maximum Gasteiger partial charge on any atom is 0.387 e. The van der Waals surface area contributed by atoms with Gasteiger partial charge in [0.1, 0.15) is 11.2 Å². The lowest BCUT2D eigenvalue weighted by molar-refractivity contribution is -0.0512. The summed E-state index contributed by atoms with van der Waals surface area (Å²) < 4.78 is 36.1. The van der Waals surface area contributed by atoms with E-state index < -0.39 is 12.5 Å². The molecule has 4 rings (SSSR count). The predicted molar refractivity (Wildman–Crippen MR) is 109 cm³/mol. The fourth-order valence-electron chi connectivity index (χ4n) is 3.32. The smallest absolute Gasteiger partial charge is 0.387 e. The number of amides is 1. The molecule has 0 unspecified atom stereocenters. The number of alkyl halides is 2. The number of halogens is 2. The van der Waals surface area contributed by atoms with Crippen molar-refractivity contribution in [3.8, 4) is 11.5 Å². The molecule has 160 valence electrons. The van der Waals surface area contributed by atoms with Gasteiger partial charge in [0, 0.05) is 6.54 Å². The van der Waals surface area contributed by atoms with Crippen LogP contribution >= 0.6 is 0 Å². The Hall–Kier alpha value is -3.95. The zero-order valence-corrected chi connectivity index (χ0v) is 16.4. The number of aromatic amines is 1. The second-order valence-electron chi connectivity index (χ2n) is 6.66. The zero-order valence-electron chi connectivity index (χ0n) is 16.4. The molecule has 8 nitrogen and oxygen atoms in total. The number of nitrogens with one attached hydrogen (secondary N) is 2. The van der Waals surface area contributed by atoms with Crippen LogP contribution in [-0.2, 0) is 6.42 Å². The van der Waals surface area contributed by atoms with Crippen molar-refractivity contribution in [3.63, 3.8) is 0 Å². The Kier molecular flexibility index (Phi) is 5.52. The molecule has 0 spiro atoms. The van der Waals surface area contributed by atoms with E-state index in [4.69, 9.17) is 4.74 Å². The number of methoxy groups -OCH3 is 1. The summed E-state index contributed by atoms with van der Waals surface area (Å²) in [5, 5.41) is 7.43. The molecule has 4 aromatic rings. The van der Waals surface area contributed by atoms with Gasteiger partial charge in [-0.15, -0.1) is 0 Å². The Morgan fingerprint density at radius 2 is 2.03 bits per heavy atom. The molecule has 0 saturated heterocycles. The molecule has 2 heterocycles. The highest BCUT2D eigenvalue weighted by Gasteiger charge is 2.16. The lowest BCUT2D eigenvalue weighted by Crippen LogP contribution is -2.26. The van der Waals surface area contributed by atoms with Crippen LogP contribution in [0.2, 0.25) is 0 Å². The number of hydrogen-bond acceptors (Lipinski definition) is 5. The van der Waals surface area contributed by atoms with Gasteiger partial charge in [-0.1, -0.05) is 18.2 Å². The Bertz CT molecular complexity index is 1320. The van der Waals surface area contributed by atoms with E-state index in [1.165, 1.54) is 30.0 Å². The van der Waals surface area contributed by atoms with Gasteiger partial charge in [0.15, 0.2) is 11.5 Å². The van der Waals surface area contributed by atoms with E-state index in [2.05, 4.69) is 20.1 Å². The van der Waals surface area contributed by atoms with Crippen LogP contribution in [0.3, 0.4) is 0 Å². The van der Waals surface area contributed by atoms with Gasteiger partial charge in [-0.2, -0.15) is 13.9 Å². The zero-order chi connectivity index (χ0) is 22.0. The Morgan fingerprint density at radius 1 is 1.23 bits per heavy atom. The van der Waals surface area contributed by atoms with Crippen LogP contribution in [0.15, 0.2) is 53.5 Å². The van der Waals surface area contributed by atoms with E-state index in [1.807, 2.05) is 0 Å². The number of H-pyrrole nitrogens is 1. The molecule has 0 fully saturated rings. The second kappa shape index (κ2) is 8.42. The first kappa shape index (κ1) is 20.3. The molecule has 1 amide bonds. The summed E-state index contributed by atoms with van der Waals surface area (Å²) >= 11 is 0. The fourth-order valence-corrected chi connectivity index (χ4v) is 3.32. The molecule has 2 aromatic carbocycles. The number of fused-ring (bicyclic) bond motifs is 3. The third-order valence-electron chi connectivity index (χ3n) is 4.77. The number of para-hydroxylation sites is 1. The highest BCUT2D eigenvalue weighted by molar-refractivity contribution is 6.00. The normalized spacial score (nSPS) is 11.2. The summed E-state index contributed by atoms with van der Waals surface area (Å²) in [5.41, 5.74) is 1.46. The van der Waals surface area contributed by atoms with Gasteiger partial charge in [0.25, 0.3) is 11.5 Å². The summed E-state index contributed by atoms with van der Waals surface area (Å²) in [6, 6.07) is 11.6. The number of hydrogen-bond donors (Lipinski definition) is 2. The Labute approximate surface area is 174 Å². The number of carbonyl (C=O) groups excluding carboxylic acids is 1. The van der Waals surface area contributed by atoms with E-state index >= 15 is 0 Å². The average molecular weight is 428 g/mol. The number of nitrogens with zero attached hydrogens (tertiary/aromatic N) is 2. The van der Waals surface area contributed by atoms with Crippen LogP contribution in [-0.4, -0.2) is 40.8 Å². The average Bonchev–Trinajstić information content (AvgIpc) is 3.18. The van der Waals surface area contributed by atoms with Crippen molar-refractivity contribution in [3.05, 3.63) is 70.1 Å². The summed E-state index contributed by atoms with van der Waals surface area (Å²) in [5.74, 6) is -0.303. The van der Waals surface area contributed by atoms with Gasteiger partial charge in [-0.25, -0.2) is 4.52 Å². The van der Waals surface area contributed by atoms with Crippen LogP contribution in [0.4, 0.5) is 8.78 Å². The molecule has 10 heteroatoms. The van der Waals surface area contributed by atoms with Crippen LogP contribution in [0.5, 0.6) is 11.5 Å². The molecule has 2 N–H and O–H groups in total. The quantitative estimate of drug-likeness (QED) is 0.472. The number of aromatic nitrogens is 3. The van der Waals surface area contributed by atoms with Crippen molar-refractivity contribution >= 4 is 22.5 Å². The second-order valence-corrected chi connectivity index (χ2v) is 6.66. The monoisotopic (exact) mass is 428 g/mol. The van der Waals surface area contributed by atoms with Crippen LogP contribution in [0, 0.1) is 0 Å². The molecule has 0 aliphatic heterocycles. The maximum atomic E-state index is 12.6. The minimum absolute atomic E-state index is 0.0755. The molecule has 0 aliphatic rings. The van der Waals surface area contributed by atoms with E-state index in [-0.39, 0.29) is 29.2 Å². The first-order valence-corrected chi connectivity index (χ1v) is 9.36. The van der Waals surface area contributed by atoms with E-state index in [1.54, 1.807) is 30.3 Å². The van der Waals surface area contributed by atoms with E-state index in [9.17, 15) is 18.4 Å². The summed E-state index contributed by atoms with van der Waals surface area (Å²) in [6.07, 6.45) is 1.75. The number of rotatable bonds is 7. The largest absolute Gasteiger partial charge is 0.493 e. The summed E-state index contributed by atoms with van der Waals surface area (Å²) in [6.45, 7) is -2.74. The standard InChI is InChI=1S/C21H18F2N4O4/c1-30-16-7-6-12(10-17(16)31-21(22)23)8-9-24-19(28)14-11-25-27-15-5-3-2-4-13(15)20(29)26-18(14)27/h2-7,10-11,21H,8-9H2,1H3,(H,24,28)(H,26,29). The first-order chi connectivity index (χ1) is 15.0. The molecular weight excluding hydrogens is 410 g/mol.